The molecule has 0 spiro atoms. The summed E-state index contributed by atoms with van der Waals surface area (Å²) < 4.78 is 14.9. The van der Waals surface area contributed by atoms with Gasteiger partial charge in [0.05, 0.1) is 23.3 Å². The number of nitrogens with one attached hydrogen (secondary N) is 3. The molecule has 0 saturated carbocycles. The monoisotopic (exact) mass is 545 g/mol. The van der Waals surface area contributed by atoms with Crippen LogP contribution in [0.2, 0.25) is 0 Å². The van der Waals surface area contributed by atoms with Gasteiger partial charge in [-0.15, -0.1) is 0 Å². The van der Waals surface area contributed by atoms with Crippen molar-refractivity contribution in [3.8, 4) is 0 Å². The lowest BCUT2D eigenvalue weighted by atomic mass is 9.85. The second-order valence-electron chi connectivity index (χ2n) is 11.0. The number of benzene rings is 2. The maximum absolute atomic E-state index is 14.9. The van der Waals surface area contributed by atoms with Crippen LogP contribution in [-0.4, -0.2) is 58.4 Å². The predicted octanol–water partition coefficient (Wildman–Crippen LogP) is 4.39. The number of aromatic nitrogens is 2. The van der Waals surface area contributed by atoms with Crippen LogP contribution in [0.15, 0.2) is 53.7 Å². The summed E-state index contributed by atoms with van der Waals surface area (Å²) in [5.41, 5.74) is 3.24. The molecule has 2 aromatic carbocycles. The number of hydrogen-bond donors (Lipinski definition) is 3. The highest BCUT2D eigenvalue weighted by molar-refractivity contribution is 6.02. The van der Waals surface area contributed by atoms with E-state index in [1.54, 1.807) is 13.1 Å². The molecule has 3 aromatic rings. The van der Waals surface area contributed by atoms with E-state index in [1.165, 1.54) is 31.0 Å². The zero-order chi connectivity index (χ0) is 28.2. The maximum Gasteiger partial charge on any atom is 0.254 e. The van der Waals surface area contributed by atoms with E-state index in [1.807, 2.05) is 18.2 Å². The van der Waals surface area contributed by atoms with Crippen molar-refractivity contribution in [3.05, 3.63) is 76.2 Å². The summed E-state index contributed by atoms with van der Waals surface area (Å²) in [6, 6.07) is 9.25. The molecule has 0 aliphatic carbocycles. The Morgan fingerprint density at radius 3 is 2.67 bits per heavy atom. The summed E-state index contributed by atoms with van der Waals surface area (Å²) >= 11 is 0. The number of nitrogens with zero attached hydrogens (tertiary/aromatic N) is 2. The van der Waals surface area contributed by atoms with Crippen molar-refractivity contribution in [2.75, 3.05) is 19.6 Å². The van der Waals surface area contributed by atoms with Gasteiger partial charge in [-0.3, -0.25) is 24.4 Å². The molecular weight excluding hydrogens is 509 g/mol. The first-order valence-corrected chi connectivity index (χ1v) is 14.1. The minimum absolute atomic E-state index is 0.102. The largest absolute Gasteiger partial charge is 0.350 e. The second-order valence-corrected chi connectivity index (χ2v) is 11.0. The van der Waals surface area contributed by atoms with Crippen LogP contribution in [0, 0.1) is 5.82 Å². The number of rotatable bonds is 8. The third-order valence-electron chi connectivity index (χ3n) is 8.04. The Balaban J connectivity index is 1.34. The zero-order valence-corrected chi connectivity index (χ0v) is 23.1. The van der Waals surface area contributed by atoms with E-state index >= 15 is 0 Å². The number of H-pyrrole nitrogens is 1. The van der Waals surface area contributed by atoms with Gasteiger partial charge in [0.1, 0.15) is 5.82 Å². The van der Waals surface area contributed by atoms with Crippen molar-refractivity contribution in [3.63, 3.8) is 0 Å². The summed E-state index contributed by atoms with van der Waals surface area (Å²) in [5.74, 6) is -1.51. The van der Waals surface area contributed by atoms with Gasteiger partial charge < -0.3 is 10.6 Å². The van der Waals surface area contributed by atoms with Gasteiger partial charge in [0.15, 0.2) is 5.78 Å². The fourth-order valence-electron chi connectivity index (χ4n) is 5.80. The summed E-state index contributed by atoms with van der Waals surface area (Å²) in [4.78, 5) is 41.6. The van der Waals surface area contributed by atoms with Crippen molar-refractivity contribution in [1.82, 2.24) is 25.7 Å². The number of aromatic amines is 1. The third kappa shape index (κ3) is 6.14. The molecule has 1 aromatic heterocycles. The van der Waals surface area contributed by atoms with Gasteiger partial charge in [-0.05, 0) is 75.2 Å². The average molecular weight is 546 g/mol. The van der Waals surface area contributed by atoms with Crippen molar-refractivity contribution >= 4 is 28.5 Å². The molecule has 1 saturated heterocycles. The number of Topliss-reactive ketones (excluding diaryl/α,β-unsaturated/α-hetero) is 1. The molecule has 1 fully saturated rings. The van der Waals surface area contributed by atoms with E-state index in [4.69, 9.17) is 0 Å². The fraction of sp³-hybridized carbons (Fsp3) is 0.419. The molecule has 2 aliphatic heterocycles. The van der Waals surface area contributed by atoms with E-state index in [0.717, 1.165) is 42.4 Å². The molecule has 210 valence electrons. The van der Waals surface area contributed by atoms with E-state index in [2.05, 4.69) is 32.7 Å². The first-order valence-electron chi connectivity index (χ1n) is 14.1. The number of hydrogen-bond acceptors (Lipinski definition) is 5. The van der Waals surface area contributed by atoms with Crippen molar-refractivity contribution in [1.29, 1.82) is 0 Å². The second kappa shape index (κ2) is 12.1. The van der Waals surface area contributed by atoms with Crippen LogP contribution in [0.3, 0.4) is 0 Å². The van der Waals surface area contributed by atoms with Crippen LogP contribution >= 0.6 is 0 Å². The molecule has 5 rings (SSSR count). The van der Waals surface area contributed by atoms with Crippen LogP contribution in [0.5, 0.6) is 0 Å². The molecule has 0 radical (unpaired) electrons. The van der Waals surface area contributed by atoms with Crippen molar-refractivity contribution in [2.24, 2.45) is 0 Å². The summed E-state index contributed by atoms with van der Waals surface area (Å²) in [7, 11) is 0. The van der Waals surface area contributed by atoms with Gasteiger partial charge in [0.25, 0.3) is 5.91 Å². The van der Waals surface area contributed by atoms with Gasteiger partial charge in [-0.2, -0.15) is 5.10 Å². The van der Waals surface area contributed by atoms with E-state index in [9.17, 15) is 18.8 Å². The van der Waals surface area contributed by atoms with E-state index in [-0.39, 0.29) is 36.1 Å². The van der Waals surface area contributed by atoms with Crippen molar-refractivity contribution < 1.29 is 18.8 Å². The SMILES string of the molecule is CC1=C(C(=O)Cc2ccc3[nH]ncc3c2)C(c2ccc(F)c(C(=O)NCC(C)N3CCCCCC3)c2)NC(=O)C1. The van der Waals surface area contributed by atoms with E-state index < -0.39 is 17.8 Å². The van der Waals surface area contributed by atoms with Crippen LogP contribution in [0.25, 0.3) is 10.9 Å². The zero-order valence-electron chi connectivity index (χ0n) is 23.1. The minimum Gasteiger partial charge on any atom is -0.350 e. The normalized spacial score (nSPS) is 19.3. The molecule has 8 nitrogen and oxygen atoms in total. The Morgan fingerprint density at radius 2 is 1.90 bits per heavy atom. The molecular formula is C31H36FN5O3. The first kappa shape index (κ1) is 27.7. The summed E-state index contributed by atoms with van der Waals surface area (Å²) in [6.07, 6.45) is 6.70. The Kier molecular flexibility index (Phi) is 8.40. The van der Waals surface area contributed by atoms with Crippen molar-refractivity contribution in [2.45, 2.75) is 64.5 Å². The number of amides is 2. The summed E-state index contributed by atoms with van der Waals surface area (Å²) in [6.45, 7) is 6.26. The quantitative estimate of drug-likeness (QED) is 0.389. The van der Waals surface area contributed by atoms with E-state index in [0.29, 0.717) is 23.3 Å². The fourth-order valence-corrected chi connectivity index (χ4v) is 5.80. The minimum atomic E-state index is -0.769. The Hall–Kier alpha value is -3.85. The van der Waals surface area contributed by atoms with Gasteiger partial charge in [-0.1, -0.05) is 30.5 Å². The summed E-state index contributed by atoms with van der Waals surface area (Å²) in [5, 5.41) is 13.6. The van der Waals surface area contributed by atoms with Crippen LogP contribution < -0.4 is 10.6 Å². The lowest BCUT2D eigenvalue weighted by Crippen LogP contribution is -2.42. The number of halogens is 1. The van der Waals surface area contributed by atoms with Gasteiger partial charge in [0.2, 0.25) is 5.91 Å². The van der Waals surface area contributed by atoms with Gasteiger partial charge >= 0.3 is 0 Å². The van der Waals surface area contributed by atoms with Crippen LogP contribution in [0.4, 0.5) is 4.39 Å². The van der Waals surface area contributed by atoms with Gasteiger partial charge in [-0.25, -0.2) is 4.39 Å². The molecule has 3 heterocycles. The predicted molar refractivity (Wildman–Crippen MR) is 151 cm³/mol. The molecule has 40 heavy (non-hydrogen) atoms. The number of carbonyl (C=O) groups is 3. The van der Waals surface area contributed by atoms with Gasteiger partial charge in [0, 0.05) is 36.4 Å². The molecule has 2 unspecified atom stereocenters. The molecule has 2 aliphatic rings. The molecule has 2 amide bonds. The molecule has 2 atom stereocenters. The lowest BCUT2D eigenvalue weighted by molar-refractivity contribution is -0.121. The standard InChI is InChI=1S/C31H36FN5O3/c1-19-13-28(39)35-30(29(19)27(38)15-21-7-10-26-23(14-21)18-34-36-26)22-8-9-25(32)24(16-22)31(40)33-17-20(2)37-11-5-3-4-6-12-37/h7-10,14,16,18,20,30H,3-6,11-13,15,17H2,1-2H3,(H,33,40)(H,34,36)(H,35,39). The number of carbonyl (C=O) groups excluding carboxylic acids is 3. The first-order chi connectivity index (χ1) is 19.3. The molecule has 0 bridgehead atoms. The Bertz CT molecular complexity index is 1450. The topological polar surface area (TPSA) is 107 Å². The highest BCUT2D eigenvalue weighted by Gasteiger charge is 2.32. The highest BCUT2D eigenvalue weighted by atomic mass is 19.1. The Morgan fingerprint density at radius 1 is 1.12 bits per heavy atom. The Labute approximate surface area is 233 Å². The van der Waals surface area contributed by atoms with Crippen LogP contribution in [0.1, 0.15) is 73.5 Å². The number of ketones is 1. The average Bonchev–Trinajstić information content (AvgIpc) is 3.22. The third-order valence-corrected chi connectivity index (χ3v) is 8.04. The molecule has 3 N–H and O–H groups in total. The molecule has 9 heteroatoms. The highest BCUT2D eigenvalue weighted by Crippen LogP contribution is 2.32. The van der Waals surface area contributed by atoms with Crippen LogP contribution in [-0.2, 0) is 16.0 Å². The maximum atomic E-state index is 14.9. The lowest BCUT2D eigenvalue weighted by Gasteiger charge is -2.29. The number of fused-ring (bicyclic) bond motifs is 1. The smallest absolute Gasteiger partial charge is 0.254 e. The number of likely N-dealkylation sites (tertiary alicyclic amines) is 1.